The molecule has 0 radical (unpaired) electrons. The predicted octanol–water partition coefficient (Wildman–Crippen LogP) is -1.49. The lowest BCUT2D eigenvalue weighted by Crippen LogP contribution is -2.56. The molecule has 0 unspecified atom stereocenters. The van der Waals surface area contributed by atoms with Crippen LogP contribution in [0.5, 0.6) is 0 Å². The van der Waals surface area contributed by atoms with Gasteiger partial charge in [-0.2, -0.15) is 0 Å². The van der Waals surface area contributed by atoms with Crippen molar-refractivity contribution >= 4 is 35.6 Å². The summed E-state index contributed by atoms with van der Waals surface area (Å²) in [6.45, 7) is 0.518. The number of aliphatic hydroxyl groups is 2. The monoisotopic (exact) mass is 570 g/mol. The maximum Gasteiger partial charge on any atom is 0.338 e. The van der Waals surface area contributed by atoms with Crippen molar-refractivity contribution < 1.29 is 43.7 Å². The summed E-state index contributed by atoms with van der Waals surface area (Å²) in [6, 6.07) is 11.9. The lowest BCUT2D eigenvalue weighted by atomic mass is 10.0. The van der Waals surface area contributed by atoms with Crippen molar-refractivity contribution in [1.29, 1.82) is 0 Å². The van der Waals surface area contributed by atoms with E-state index in [0.29, 0.717) is 11.1 Å². The Morgan fingerprint density at radius 3 is 1.22 bits per heavy atom. The smallest absolute Gasteiger partial charge is 0.338 e. The molecule has 6 N–H and O–H groups in total. The van der Waals surface area contributed by atoms with Crippen LogP contribution in [0.2, 0.25) is 0 Å². The Morgan fingerprint density at radius 1 is 0.585 bits per heavy atom. The summed E-state index contributed by atoms with van der Waals surface area (Å²) < 4.78 is 4.71. The summed E-state index contributed by atoms with van der Waals surface area (Å²) in [7, 11) is 0. The van der Waals surface area contributed by atoms with Crippen molar-refractivity contribution in [3.63, 3.8) is 0 Å². The minimum atomic E-state index is -1.70. The molecule has 2 aromatic carbocycles. The number of carbonyl (C=O) groups is 6. The molecule has 0 aliphatic carbocycles. The van der Waals surface area contributed by atoms with Gasteiger partial charge in [0.05, 0.1) is 13.2 Å². The van der Waals surface area contributed by atoms with Gasteiger partial charge in [0.2, 0.25) is 23.6 Å². The fourth-order valence-electron chi connectivity index (χ4n) is 3.75. The van der Waals surface area contributed by atoms with E-state index in [1.807, 2.05) is 0 Å². The summed E-state index contributed by atoms with van der Waals surface area (Å²) in [5, 5.41) is 28.8. The third-order valence-electron chi connectivity index (χ3n) is 5.72. The van der Waals surface area contributed by atoms with E-state index in [1.165, 1.54) is 13.8 Å². The van der Waals surface area contributed by atoms with Crippen molar-refractivity contribution in [2.75, 3.05) is 13.2 Å². The van der Waals surface area contributed by atoms with E-state index >= 15 is 0 Å². The van der Waals surface area contributed by atoms with E-state index in [0.717, 1.165) is 0 Å². The average Bonchev–Trinajstić information content (AvgIpc) is 2.94. The first kappa shape index (κ1) is 32.6. The summed E-state index contributed by atoms with van der Waals surface area (Å²) in [5.74, 6) is -5.38. The summed E-state index contributed by atoms with van der Waals surface area (Å²) in [6.07, 6.45) is 0.158. The molecule has 2 aromatic rings. The maximum atomic E-state index is 12.8. The standard InChI is InChI=1S/C28H34N4O9/c1-17(35)29-21(13-19-9-5-3-6-10-19)25(37)31-23(15-33)27(39)41-28(40)24(16-34)32-26(38)22(30-18(2)36)14-20-11-7-4-8-12-20/h3-12,21-24,33-34H,13-16H2,1-2H3,(H,29,35)(H,30,36)(H,31,37)(H,32,38)/t21-,22-,23-,24-/m0/s1. The van der Waals surface area contributed by atoms with Crippen LogP contribution >= 0.6 is 0 Å². The van der Waals surface area contributed by atoms with Gasteiger partial charge in [0.1, 0.15) is 12.1 Å². The second-order valence-electron chi connectivity index (χ2n) is 9.11. The molecule has 0 aliphatic heterocycles. The van der Waals surface area contributed by atoms with Gasteiger partial charge in [-0.3, -0.25) is 19.2 Å². The van der Waals surface area contributed by atoms with Crippen molar-refractivity contribution in [3.05, 3.63) is 71.8 Å². The number of rotatable bonds is 14. The molecule has 0 aliphatic rings. The normalized spacial score (nSPS) is 13.5. The van der Waals surface area contributed by atoms with Gasteiger partial charge >= 0.3 is 11.9 Å². The number of hydrogen-bond acceptors (Lipinski definition) is 9. The zero-order valence-corrected chi connectivity index (χ0v) is 22.7. The molecule has 0 saturated heterocycles. The van der Waals surface area contributed by atoms with Gasteiger partial charge < -0.3 is 36.2 Å². The van der Waals surface area contributed by atoms with Crippen LogP contribution in [0.3, 0.4) is 0 Å². The topological polar surface area (TPSA) is 200 Å². The highest BCUT2D eigenvalue weighted by molar-refractivity contribution is 5.96. The maximum absolute atomic E-state index is 12.8. The quantitative estimate of drug-likeness (QED) is 0.116. The molecule has 13 heteroatoms. The number of nitrogens with one attached hydrogen (secondary N) is 4. The van der Waals surface area contributed by atoms with Crippen LogP contribution in [-0.2, 0) is 46.3 Å². The fourth-order valence-corrected chi connectivity index (χ4v) is 3.75. The van der Waals surface area contributed by atoms with Crippen molar-refractivity contribution in [3.8, 4) is 0 Å². The molecule has 220 valence electrons. The molecule has 0 aromatic heterocycles. The summed E-state index contributed by atoms with van der Waals surface area (Å²) in [5.41, 5.74) is 1.43. The van der Waals surface area contributed by atoms with Crippen LogP contribution in [0.4, 0.5) is 0 Å². The number of aliphatic hydroxyl groups excluding tert-OH is 2. The third kappa shape index (κ3) is 11.2. The first-order valence-electron chi connectivity index (χ1n) is 12.7. The highest BCUT2D eigenvalue weighted by Gasteiger charge is 2.32. The van der Waals surface area contributed by atoms with Gasteiger partial charge in [0.25, 0.3) is 0 Å². The van der Waals surface area contributed by atoms with Gasteiger partial charge in [0, 0.05) is 26.7 Å². The number of benzene rings is 2. The molecule has 0 saturated carbocycles. The Bertz CT molecular complexity index is 1110. The molecule has 4 atom stereocenters. The Balaban J connectivity index is 2.04. The van der Waals surface area contributed by atoms with Crippen molar-refractivity contribution in [2.24, 2.45) is 0 Å². The molecule has 0 spiro atoms. The molecule has 0 heterocycles. The van der Waals surface area contributed by atoms with E-state index < -0.39 is 72.9 Å². The minimum absolute atomic E-state index is 0.0788. The molecule has 13 nitrogen and oxygen atoms in total. The SMILES string of the molecule is CC(=O)N[C@@H](Cc1ccccc1)C(=O)N[C@@H](CO)C(=O)OC(=O)[C@H](CO)NC(=O)[C@H](Cc1ccccc1)NC(C)=O. The molecule has 0 fully saturated rings. The number of amides is 4. The van der Waals surface area contributed by atoms with Crippen LogP contribution in [0.1, 0.15) is 25.0 Å². The zero-order chi connectivity index (χ0) is 30.4. The number of hydrogen-bond donors (Lipinski definition) is 6. The largest absolute Gasteiger partial charge is 0.394 e. The van der Waals surface area contributed by atoms with Crippen molar-refractivity contribution in [1.82, 2.24) is 21.3 Å². The molecular formula is C28H34N4O9. The van der Waals surface area contributed by atoms with Gasteiger partial charge in [-0.15, -0.1) is 0 Å². The van der Waals surface area contributed by atoms with Crippen LogP contribution in [0.25, 0.3) is 0 Å². The highest BCUT2D eigenvalue weighted by Crippen LogP contribution is 2.06. The Kier molecular flexibility index (Phi) is 13.1. The number of esters is 2. The first-order valence-corrected chi connectivity index (χ1v) is 12.7. The summed E-state index contributed by atoms with van der Waals surface area (Å²) >= 11 is 0. The van der Waals surface area contributed by atoms with Crippen LogP contribution in [-0.4, -0.2) is 83.2 Å². The molecule has 2 rings (SSSR count). The van der Waals surface area contributed by atoms with Crippen LogP contribution in [0, 0.1) is 0 Å². The predicted molar refractivity (Wildman–Crippen MR) is 145 cm³/mol. The summed E-state index contributed by atoms with van der Waals surface area (Å²) in [4.78, 5) is 74.1. The minimum Gasteiger partial charge on any atom is -0.394 e. The fraction of sp³-hybridized carbons (Fsp3) is 0.357. The van der Waals surface area contributed by atoms with Gasteiger partial charge in [0.15, 0.2) is 12.1 Å². The van der Waals surface area contributed by atoms with Crippen molar-refractivity contribution in [2.45, 2.75) is 50.9 Å². The van der Waals surface area contributed by atoms with Gasteiger partial charge in [-0.25, -0.2) is 9.59 Å². The molecule has 4 amide bonds. The second-order valence-corrected chi connectivity index (χ2v) is 9.11. The van der Waals surface area contributed by atoms with Crippen LogP contribution in [0.15, 0.2) is 60.7 Å². The average molecular weight is 571 g/mol. The molecule has 0 bridgehead atoms. The number of carbonyl (C=O) groups excluding carboxylic acids is 6. The zero-order valence-electron chi connectivity index (χ0n) is 22.7. The van der Waals surface area contributed by atoms with E-state index in [2.05, 4.69) is 21.3 Å². The highest BCUT2D eigenvalue weighted by atomic mass is 16.6. The molecule has 41 heavy (non-hydrogen) atoms. The lowest BCUT2D eigenvalue weighted by Gasteiger charge is -2.23. The third-order valence-corrected chi connectivity index (χ3v) is 5.72. The van der Waals surface area contributed by atoms with E-state index in [4.69, 9.17) is 4.74 Å². The first-order chi connectivity index (χ1) is 19.5. The Hall–Kier alpha value is -4.62. The van der Waals surface area contributed by atoms with Gasteiger partial charge in [-0.1, -0.05) is 60.7 Å². The Morgan fingerprint density at radius 2 is 0.927 bits per heavy atom. The second kappa shape index (κ2) is 16.5. The number of ether oxygens (including phenoxy) is 1. The van der Waals surface area contributed by atoms with E-state index in [-0.39, 0.29) is 12.8 Å². The lowest BCUT2D eigenvalue weighted by molar-refractivity contribution is -0.165. The van der Waals surface area contributed by atoms with Gasteiger partial charge in [-0.05, 0) is 11.1 Å². The molecular weight excluding hydrogens is 536 g/mol. The van der Waals surface area contributed by atoms with E-state index in [1.54, 1.807) is 60.7 Å². The van der Waals surface area contributed by atoms with Crippen LogP contribution < -0.4 is 21.3 Å². The van der Waals surface area contributed by atoms with E-state index in [9.17, 15) is 39.0 Å². The Labute approximate surface area is 236 Å².